The Morgan fingerprint density at radius 1 is 1.32 bits per heavy atom. The van der Waals surface area contributed by atoms with E-state index < -0.39 is 23.5 Å². The number of rotatable bonds is 7. The number of nitrogens with one attached hydrogen (secondary N) is 1. The van der Waals surface area contributed by atoms with Gasteiger partial charge in [0.15, 0.2) is 6.10 Å². The summed E-state index contributed by atoms with van der Waals surface area (Å²) in [4.78, 5) is 24.5. The van der Waals surface area contributed by atoms with Crippen LogP contribution >= 0.6 is 11.6 Å². The third kappa shape index (κ3) is 5.70. The molecule has 9 heteroatoms. The molecular formula is C22H24ClFN4O3. The maximum atomic E-state index is 13.1. The molecule has 0 aliphatic rings. The number of benzene rings is 1. The molecular weight excluding hydrogens is 423 g/mol. The first-order valence-electron chi connectivity index (χ1n) is 9.61. The minimum absolute atomic E-state index is 0.132. The molecule has 0 aliphatic heterocycles. The number of carbonyl (C=O) groups is 2. The molecule has 0 radical (unpaired) electrons. The van der Waals surface area contributed by atoms with Gasteiger partial charge in [-0.3, -0.25) is 4.79 Å². The zero-order chi connectivity index (χ0) is 23.3. The number of amides is 1. The van der Waals surface area contributed by atoms with Gasteiger partial charge in [0.25, 0.3) is 5.91 Å². The zero-order valence-electron chi connectivity index (χ0n) is 17.9. The first kappa shape index (κ1) is 24.1. The van der Waals surface area contributed by atoms with Crippen LogP contribution in [0, 0.1) is 30.0 Å². The third-order valence-corrected chi connectivity index (χ3v) is 5.30. The molecule has 2 atom stereocenters. The molecule has 0 spiro atoms. The molecule has 2 rings (SSSR count). The topological polar surface area (TPSA) is 97.0 Å². The van der Waals surface area contributed by atoms with E-state index in [9.17, 15) is 19.2 Å². The minimum Gasteiger partial charge on any atom is -0.449 e. The Balaban J connectivity index is 2.09. The van der Waals surface area contributed by atoms with E-state index in [4.69, 9.17) is 16.3 Å². The predicted octanol–water partition coefficient (Wildman–Crippen LogP) is 3.97. The summed E-state index contributed by atoms with van der Waals surface area (Å²) in [5.41, 5.74) is 0.517. The molecule has 0 bridgehead atoms. The lowest BCUT2D eigenvalue weighted by molar-refractivity contribution is -0.150. The minimum atomic E-state index is -1.10. The summed E-state index contributed by atoms with van der Waals surface area (Å²) in [6.45, 7) is 8.35. The predicted molar refractivity (Wildman–Crippen MR) is 115 cm³/mol. The van der Waals surface area contributed by atoms with Crippen molar-refractivity contribution in [2.75, 3.05) is 0 Å². The van der Waals surface area contributed by atoms with Crippen molar-refractivity contribution in [1.29, 1.82) is 5.26 Å². The Morgan fingerprint density at radius 3 is 2.48 bits per heavy atom. The Labute approximate surface area is 185 Å². The van der Waals surface area contributed by atoms with Gasteiger partial charge in [0.05, 0.1) is 17.5 Å². The number of aryl methyl sites for hydroxylation is 1. The van der Waals surface area contributed by atoms with Crippen LogP contribution in [0.4, 0.5) is 4.39 Å². The molecule has 31 heavy (non-hydrogen) atoms. The smallest absolute Gasteiger partial charge is 0.331 e. The van der Waals surface area contributed by atoms with Crippen molar-refractivity contribution in [2.45, 2.75) is 46.3 Å². The van der Waals surface area contributed by atoms with Gasteiger partial charge in [-0.25, -0.2) is 13.9 Å². The van der Waals surface area contributed by atoms with Crippen LogP contribution in [0.1, 0.15) is 39.0 Å². The molecule has 0 aliphatic carbocycles. The summed E-state index contributed by atoms with van der Waals surface area (Å²) in [5, 5.41) is 16.5. The molecule has 0 saturated carbocycles. The van der Waals surface area contributed by atoms with Crippen LogP contribution in [0.2, 0.25) is 5.15 Å². The van der Waals surface area contributed by atoms with Crippen LogP contribution < -0.4 is 5.32 Å². The molecule has 0 fully saturated rings. The number of ether oxygens (including phenoxy) is 1. The maximum absolute atomic E-state index is 13.1. The lowest BCUT2D eigenvalue weighted by atomic mass is 9.90. The fourth-order valence-corrected chi connectivity index (χ4v) is 2.87. The maximum Gasteiger partial charge on any atom is 0.331 e. The van der Waals surface area contributed by atoms with Gasteiger partial charge in [-0.05, 0) is 57.0 Å². The number of carbonyl (C=O) groups excluding carboxylic acids is 2. The number of hydrogen-bond donors (Lipinski definition) is 1. The number of hydrogen-bond acceptors (Lipinski definition) is 5. The van der Waals surface area contributed by atoms with Gasteiger partial charge in [-0.15, -0.1) is 0 Å². The van der Waals surface area contributed by atoms with Crippen molar-refractivity contribution >= 4 is 29.6 Å². The van der Waals surface area contributed by atoms with Crippen molar-refractivity contribution < 1.29 is 18.7 Å². The molecule has 1 aromatic heterocycles. The number of aromatic nitrogens is 2. The van der Waals surface area contributed by atoms with Crippen LogP contribution in [-0.2, 0) is 14.3 Å². The molecule has 1 amide bonds. The highest BCUT2D eigenvalue weighted by atomic mass is 35.5. The van der Waals surface area contributed by atoms with Crippen molar-refractivity contribution in [3.05, 3.63) is 52.6 Å². The van der Waals surface area contributed by atoms with E-state index in [1.54, 1.807) is 27.7 Å². The fraction of sp³-hybridized carbons (Fsp3) is 0.364. The van der Waals surface area contributed by atoms with Crippen LogP contribution in [0.5, 0.6) is 0 Å². The van der Waals surface area contributed by atoms with Crippen LogP contribution in [0.15, 0.2) is 30.3 Å². The summed E-state index contributed by atoms with van der Waals surface area (Å²) in [6, 6.07) is 7.70. The van der Waals surface area contributed by atoms with Gasteiger partial charge >= 0.3 is 5.97 Å². The highest BCUT2D eigenvalue weighted by Crippen LogP contribution is 2.25. The second-order valence-corrected chi connectivity index (χ2v) is 7.91. The SMILES string of the molecule is Cc1nn(-c2ccc(F)cc2)c(Cl)c1/C=C/C(=O)OC(C)C(=O)NC(C)(C#N)C(C)C. The van der Waals surface area contributed by atoms with Crippen molar-refractivity contribution in [1.82, 2.24) is 15.1 Å². The van der Waals surface area contributed by atoms with E-state index in [-0.39, 0.29) is 16.9 Å². The summed E-state index contributed by atoms with van der Waals surface area (Å²) < 4.78 is 19.7. The normalized spacial score (nSPS) is 14.2. The van der Waals surface area contributed by atoms with Gasteiger partial charge in [-0.1, -0.05) is 25.4 Å². The average Bonchev–Trinajstić information content (AvgIpc) is 3.00. The van der Waals surface area contributed by atoms with E-state index in [1.165, 1.54) is 41.9 Å². The van der Waals surface area contributed by atoms with Crippen LogP contribution in [0.25, 0.3) is 11.8 Å². The van der Waals surface area contributed by atoms with E-state index in [0.29, 0.717) is 16.9 Å². The molecule has 0 saturated heterocycles. The van der Waals surface area contributed by atoms with Crippen molar-refractivity contribution in [2.24, 2.45) is 5.92 Å². The third-order valence-electron chi connectivity index (χ3n) is 4.94. The number of nitriles is 1. The molecule has 164 valence electrons. The van der Waals surface area contributed by atoms with Gasteiger partial charge in [0.2, 0.25) is 0 Å². The summed E-state index contributed by atoms with van der Waals surface area (Å²) in [6.07, 6.45) is 1.48. The first-order valence-corrected chi connectivity index (χ1v) is 9.99. The molecule has 2 aromatic rings. The van der Waals surface area contributed by atoms with E-state index in [1.807, 2.05) is 0 Å². The quantitative estimate of drug-likeness (QED) is 0.512. The van der Waals surface area contributed by atoms with Crippen LogP contribution in [-0.4, -0.2) is 33.3 Å². The number of halogens is 2. The van der Waals surface area contributed by atoms with Crippen molar-refractivity contribution in [3.63, 3.8) is 0 Å². The Kier molecular flexibility index (Phi) is 7.58. The second kappa shape index (κ2) is 9.75. The van der Waals surface area contributed by atoms with E-state index >= 15 is 0 Å². The largest absolute Gasteiger partial charge is 0.449 e. The van der Waals surface area contributed by atoms with Gasteiger partial charge in [0, 0.05) is 11.6 Å². The summed E-state index contributed by atoms with van der Waals surface area (Å²) >= 11 is 6.37. The van der Waals surface area contributed by atoms with E-state index in [0.717, 1.165) is 6.08 Å². The van der Waals surface area contributed by atoms with Gasteiger partial charge in [-0.2, -0.15) is 10.4 Å². The van der Waals surface area contributed by atoms with Crippen molar-refractivity contribution in [3.8, 4) is 11.8 Å². The summed E-state index contributed by atoms with van der Waals surface area (Å²) in [5.74, 6) is -1.84. The second-order valence-electron chi connectivity index (χ2n) is 7.55. The number of esters is 1. The highest BCUT2D eigenvalue weighted by molar-refractivity contribution is 6.31. The molecule has 7 nitrogen and oxygen atoms in total. The van der Waals surface area contributed by atoms with Crippen LogP contribution in [0.3, 0.4) is 0 Å². The Morgan fingerprint density at radius 2 is 1.94 bits per heavy atom. The molecule has 1 N–H and O–H groups in total. The summed E-state index contributed by atoms with van der Waals surface area (Å²) in [7, 11) is 0. The fourth-order valence-electron chi connectivity index (χ4n) is 2.53. The monoisotopic (exact) mass is 446 g/mol. The molecule has 1 aromatic carbocycles. The highest BCUT2D eigenvalue weighted by Gasteiger charge is 2.32. The molecule has 1 heterocycles. The first-order chi connectivity index (χ1) is 14.5. The Bertz CT molecular complexity index is 1040. The standard InChI is InChI=1S/C22H24ClFN4O3/c1-13(2)22(5,12-25)26-21(30)15(4)31-19(29)11-10-18-14(3)27-28(20(18)23)17-8-6-16(24)7-9-17/h6-11,13,15H,1-5H3,(H,26,30)/b11-10+. The lowest BCUT2D eigenvalue weighted by Gasteiger charge is -2.28. The van der Waals surface area contributed by atoms with E-state index in [2.05, 4.69) is 16.5 Å². The molecule has 2 unspecified atom stereocenters. The lowest BCUT2D eigenvalue weighted by Crippen LogP contribution is -2.52. The zero-order valence-corrected chi connectivity index (χ0v) is 18.7. The van der Waals surface area contributed by atoms with Gasteiger partial charge in [0.1, 0.15) is 16.5 Å². The number of nitrogens with zero attached hydrogens (tertiary/aromatic N) is 3. The average molecular weight is 447 g/mol. The van der Waals surface area contributed by atoms with Gasteiger partial charge < -0.3 is 10.1 Å². The Hall–Kier alpha value is -3.18.